The Hall–Kier alpha value is -2.40. The minimum absolute atomic E-state index is 0.142. The van der Waals surface area contributed by atoms with Crippen molar-refractivity contribution >= 4 is 35.2 Å². The molecule has 1 fully saturated rings. The van der Waals surface area contributed by atoms with Crippen LogP contribution in [-0.2, 0) is 18.3 Å². The van der Waals surface area contributed by atoms with Crippen LogP contribution in [0.3, 0.4) is 0 Å². The molecule has 11 heteroatoms. The van der Waals surface area contributed by atoms with Crippen LogP contribution in [0, 0.1) is 0 Å². The lowest BCUT2D eigenvalue weighted by atomic mass is 10.0. The van der Waals surface area contributed by atoms with E-state index in [4.69, 9.17) is 4.98 Å². The van der Waals surface area contributed by atoms with E-state index in [2.05, 4.69) is 30.6 Å². The number of aromatic nitrogens is 7. The SMILES string of the molecule is Cn1ccc(NC(=O)Cc2nc(Sc3ncn[nH]3)cnc2SC2CCCCC2)n1. The lowest BCUT2D eigenvalue weighted by Gasteiger charge is -2.21. The highest BCUT2D eigenvalue weighted by atomic mass is 32.2. The second-order valence-electron chi connectivity index (χ2n) is 6.83. The van der Waals surface area contributed by atoms with E-state index in [1.165, 1.54) is 50.2 Å². The molecule has 0 aliphatic heterocycles. The number of anilines is 1. The third-order valence-electron chi connectivity index (χ3n) is 4.52. The van der Waals surface area contributed by atoms with E-state index < -0.39 is 0 Å². The van der Waals surface area contributed by atoms with Crippen molar-refractivity contribution < 1.29 is 4.79 Å². The van der Waals surface area contributed by atoms with E-state index in [0.29, 0.717) is 26.9 Å². The first-order valence-electron chi connectivity index (χ1n) is 9.51. The van der Waals surface area contributed by atoms with Gasteiger partial charge in [0.05, 0.1) is 18.3 Å². The van der Waals surface area contributed by atoms with E-state index >= 15 is 0 Å². The van der Waals surface area contributed by atoms with Gasteiger partial charge in [-0.2, -0.15) is 10.2 Å². The number of aryl methyl sites for hydroxylation is 1. The van der Waals surface area contributed by atoms with Gasteiger partial charge in [0.1, 0.15) is 16.4 Å². The van der Waals surface area contributed by atoms with Gasteiger partial charge < -0.3 is 5.32 Å². The first kappa shape index (κ1) is 19.9. The number of amides is 1. The molecule has 4 rings (SSSR count). The molecule has 3 aromatic heterocycles. The van der Waals surface area contributed by atoms with Crippen LogP contribution in [0.1, 0.15) is 37.8 Å². The van der Waals surface area contributed by atoms with Gasteiger partial charge in [-0.3, -0.25) is 14.6 Å². The van der Waals surface area contributed by atoms with Crippen molar-refractivity contribution in [1.29, 1.82) is 0 Å². The average Bonchev–Trinajstić information content (AvgIpc) is 3.36. The zero-order valence-corrected chi connectivity index (χ0v) is 17.7. The highest BCUT2D eigenvalue weighted by Gasteiger charge is 2.20. The fourth-order valence-corrected chi connectivity index (χ4v) is 5.07. The number of carbonyl (C=O) groups is 1. The zero-order chi connectivity index (χ0) is 20.1. The number of nitrogens with zero attached hydrogens (tertiary/aromatic N) is 6. The molecule has 29 heavy (non-hydrogen) atoms. The Morgan fingerprint density at radius 3 is 2.90 bits per heavy atom. The summed E-state index contributed by atoms with van der Waals surface area (Å²) in [6.45, 7) is 0. The normalized spacial score (nSPS) is 14.8. The molecule has 0 bridgehead atoms. The Morgan fingerprint density at radius 1 is 1.31 bits per heavy atom. The molecule has 3 heterocycles. The maximum Gasteiger partial charge on any atom is 0.231 e. The number of rotatable bonds is 7. The Bertz CT molecular complexity index is 953. The van der Waals surface area contributed by atoms with Crippen LogP contribution in [0.5, 0.6) is 0 Å². The summed E-state index contributed by atoms with van der Waals surface area (Å²) in [6.07, 6.45) is 11.3. The second kappa shape index (κ2) is 9.40. The first-order valence-corrected chi connectivity index (χ1v) is 11.2. The van der Waals surface area contributed by atoms with Crippen molar-refractivity contribution in [3.05, 3.63) is 30.5 Å². The molecule has 0 atom stereocenters. The minimum Gasteiger partial charge on any atom is -0.309 e. The Morgan fingerprint density at radius 2 is 2.17 bits per heavy atom. The standard InChI is InChI=1S/C18H22N8OS2/c1-26-8-7-14(25-26)23-15(27)9-13-17(28-12-5-3-2-4-6-12)19-10-16(22-13)29-18-20-11-21-24-18/h7-8,10-12H,2-6,9H2,1H3,(H,20,21,24)(H,23,25,27). The Labute approximate surface area is 176 Å². The lowest BCUT2D eigenvalue weighted by Crippen LogP contribution is -2.17. The largest absolute Gasteiger partial charge is 0.309 e. The molecule has 1 aliphatic carbocycles. The van der Waals surface area contributed by atoms with Gasteiger partial charge >= 0.3 is 0 Å². The summed E-state index contributed by atoms with van der Waals surface area (Å²) < 4.78 is 1.65. The fraction of sp³-hybridized carbons (Fsp3) is 0.444. The van der Waals surface area contributed by atoms with Crippen molar-refractivity contribution in [3.8, 4) is 0 Å². The molecule has 0 unspecified atom stereocenters. The van der Waals surface area contributed by atoms with Gasteiger partial charge in [0.2, 0.25) is 5.91 Å². The van der Waals surface area contributed by atoms with Crippen molar-refractivity contribution in [2.75, 3.05) is 5.32 Å². The van der Waals surface area contributed by atoms with Gasteiger partial charge in [0.25, 0.3) is 0 Å². The topological polar surface area (TPSA) is 114 Å². The molecule has 0 radical (unpaired) electrons. The van der Waals surface area contributed by atoms with E-state index in [9.17, 15) is 4.79 Å². The Balaban J connectivity index is 1.51. The third-order valence-corrected chi connectivity index (χ3v) is 6.68. The molecule has 3 aromatic rings. The molecule has 1 saturated carbocycles. The monoisotopic (exact) mass is 430 g/mol. The number of hydrogen-bond donors (Lipinski definition) is 2. The van der Waals surface area contributed by atoms with E-state index in [1.54, 1.807) is 34.9 Å². The van der Waals surface area contributed by atoms with Gasteiger partial charge in [0.15, 0.2) is 11.0 Å². The molecule has 0 aromatic carbocycles. The molecule has 152 valence electrons. The summed E-state index contributed by atoms with van der Waals surface area (Å²) in [5, 5.41) is 16.3. The van der Waals surface area contributed by atoms with E-state index in [1.807, 2.05) is 7.05 Å². The fourth-order valence-electron chi connectivity index (χ4n) is 3.17. The van der Waals surface area contributed by atoms with Gasteiger partial charge in [-0.1, -0.05) is 19.3 Å². The molecular weight excluding hydrogens is 408 g/mol. The molecule has 2 N–H and O–H groups in total. The highest BCUT2D eigenvalue weighted by molar-refractivity contribution is 8.00. The van der Waals surface area contributed by atoms with Gasteiger partial charge in [0, 0.05) is 24.6 Å². The first-order chi connectivity index (χ1) is 14.2. The van der Waals surface area contributed by atoms with Gasteiger partial charge in [-0.25, -0.2) is 15.0 Å². The molecule has 0 saturated heterocycles. The van der Waals surface area contributed by atoms with Crippen LogP contribution in [0.2, 0.25) is 0 Å². The van der Waals surface area contributed by atoms with Crippen LogP contribution in [-0.4, -0.2) is 46.1 Å². The molecular formula is C18H22N8OS2. The molecule has 0 spiro atoms. The minimum atomic E-state index is -0.162. The number of aromatic amines is 1. The van der Waals surface area contributed by atoms with Crippen LogP contribution < -0.4 is 5.32 Å². The van der Waals surface area contributed by atoms with E-state index in [-0.39, 0.29) is 12.3 Å². The summed E-state index contributed by atoms with van der Waals surface area (Å²) in [4.78, 5) is 26.0. The highest BCUT2D eigenvalue weighted by Crippen LogP contribution is 2.35. The van der Waals surface area contributed by atoms with Gasteiger partial charge in [-0.15, -0.1) is 11.8 Å². The summed E-state index contributed by atoms with van der Waals surface area (Å²) in [7, 11) is 1.81. The van der Waals surface area contributed by atoms with E-state index in [0.717, 1.165) is 5.03 Å². The summed E-state index contributed by atoms with van der Waals surface area (Å²) >= 11 is 3.08. The second-order valence-corrected chi connectivity index (χ2v) is 9.13. The number of hydrogen-bond acceptors (Lipinski definition) is 8. The number of H-pyrrole nitrogens is 1. The smallest absolute Gasteiger partial charge is 0.231 e. The van der Waals surface area contributed by atoms with Gasteiger partial charge in [-0.05, 0) is 24.6 Å². The van der Waals surface area contributed by atoms with Crippen LogP contribution >= 0.6 is 23.5 Å². The van der Waals surface area contributed by atoms with Crippen molar-refractivity contribution in [3.63, 3.8) is 0 Å². The molecule has 1 amide bonds. The summed E-state index contributed by atoms with van der Waals surface area (Å²) in [5.74, 6) is 0.365. The van der Waals surface area contributed by atoms with Crippen LogP contribution in [0.25, 0.3) is 0 Å². The predicted molar refractivity (Wildman–Crippen MR) is 111 cm³/mol. The van der Waals surface area contributed by atoms with Crippen molar-refractivity contribution in [2.45, 2.75) is 59.0 Å². The maximum absolute atomic E-state index is 12.6. The molecule has 9 nitrogen and oxygen atoms in total. The van der Waals surface area contributed by atoms with Crippen LogP contribution in [0.4, 0.5) is 5.82 Å². The Kier molecular flexibility index (Phi) is 6.45. The predicted octanol–water partition coefficient (Wildman–Crippen LogP) is 3.09. The maximum atomic E-state index is 12.6. The number of carbonyl (C=O) groups excluding carboxylic acids is 1. The molecule has 1 aliphatic rings. The number of nitrogens with one attached hydrogen (secondary N) is 2. The lowest BCUT2D eigenvalue weighted by molar-refractivity contribution is -0.115. The quantitative estimate of drug-likeness (QED) is 0.588. The third kappa shape index (κ3) is 5.57. The van der Waals surface area contributed by atoms with Crippen molar-refractivity contribution in [2.24, 2.45) is 7.05 Å². The number of thioether (sulfide) groups is 1. The zero-order valence-electron chi connectivity index (χ0n) is 16.0. The van der Waals surface area contributed by atoms with Crippen LogP contribution in [0.15, 0.2) is 40.0 Å². The van der Waals surface area contributed by atoms with Crippen molar-refractivity contribution in [1.82, 2.24) is 34.9 Å². The summed E-state index contributed by atoms with van der Waals surface area (Å²) in [6, 6.07) is 1.76. The summed E-state index contributed by atoms with van der Waals surface area (Å²) in [5.41, 5.74) is 0.679. The average molecular weight is 431 g/mol.